The number of nitrogens with two attached hydrogens (primary N) is 1. The molecule has 0 aromatic carbocycles. The zero-order valence-corrected chi connectivity index (χ0v) is 22.6. The van der Waals surface area contributed by atoms with Crippen LogP contribution in [0, 0.1) is 11.8 Å². The lowest BCUT2D eigenvalue weighted by Gasteiger charge is -2.49. The fourth-order valence-corrected chi connectivity index (χ4v) is 7.00. The molecule has 5 heterocycles. The number of aliphatic carboxylic acids is 1. The second-order valence-corrected chi connectivity index (χ2v) is 11.6. The molecule has 0 radical (unpaired) electrons. The highest BCUT2D eigenvalue weighted by Gasteiger charge is 2.54. The number of nitrogens with zero attached hydrogens (tertiary/aromatic N) is 5. The molecule has 6 N–H and O–H groups in total. The molecule has 4 aliphatic heterocycles. The highest BCUT2D eigenvalue weighted by atomic mass is 32.2. The van der Waals surface area contributed by atoms with Gasteiger partial charge in [-0.2, -0.15) is 22.5 Å². The summed E-state index contributed by atoms with van der Waals surface area (Å²) in [6, 6.07) is -1.14. The Labute approximate surface area is 237 Å². The van der Waals surface area contributed by atoms with Gasteiger partial charge in [-0.15, -0.1) is 11.8 Å². The van der Waals surface area contributed by atoms with Crippen molar-refractivity contribution < 1.29 is 42.7 Å². The summed E-state index contributed by atoms with van der Waals surface area (Å²) in [5.74, 6) is -6.13. The van der Waals surface area contributed by atoms with Crippen LogP contribution in [0.3, 0.4) is 0 Å². The van der Waals surface area contributed by atoms with E-state index in [4.69, 9.17) is 5.73 Å². The predicted molar refractivity (Wildman–Crippen MR) is 138 cm³/mol. The summed E-state index contributed by atoms with van der Waals surface area (Å²) in [6.45, 7) is 0.0431. The summed E-state index contributed by atoms with van der Waals surface area (Å²) >= 11 is 1.91. The number of thioether (sulfide) groups is 1. The van der Waals surface area contributed by atoms with Gasteiger partial charge in [0.2, 0.25) is 17.4 Å². The topological polar surface area (TPSA) is 203 Å². The molecule has 5 rings (SSSR count). The van der Waals surface area contributed by atoms with Crippen molar-refractivity contribution in [3.05, 3.63) is 28.7 Å². The number of fused-ring (bicyclic) bond motifs is 1. The molecule has 220 valence electrons. The average Bonchev–Trinajstić information content (AvgIpc) is 3.64. The molecule has 0 spiro atoms. The van der Waals surface area contributed by atoms with Gasteiger partial charge in [-0.05, 0) is 18.1 Å². The second kappa shape index (κ2) is 10.9. The molecule has 3 saturated heterocycles. The number of carboxylic acids is 1. The van der Waals surface area contributed by atoms with Gasteiger partial charge in [-0.3, -0.25) is 19.3 Å². The van der Waals surface area contributed by atoms with E-state index in [1.807, 2.05) is 0 Å². The van der Waals surface area contributed by atoms with Gasteiger partial charge < -0.3 is 31.6 Å². The Morgan fingerprint density at radius 2 is 2.05 bits per heavy atom. The maximum Gasteiger partial charge on any atom is 0.393 e. The normalized spacial score (nSPS) is 27.9. The second-order valence-electron chi connectivity index (χ2n) is 9.68. The van der Waals surface area contributed by atoms with Crippen LogP contribution in [0.1, 0.15) is 12.2 Å². The van der Waals surface area contributed by atoms with Crippen LogP contribution >= 0.6 is 23.3 Å². The van der Waals surface area contributed by atoms with Crippen molar-refractivity contribution in [3.63, 3.8) is 0 Å². The number of carbonyl (C=O) groups excluding carboxylic acids is 3. The first kappa shape index (κ1) is 28.8. The fourth-order valence-electron chi connectivity index (χ4n) is 5.26. The third-order valence-electron chi connectivity index (χ3n) is 7.23. The molecule has 3 fully saturated rings. The van der Waals surface area contributed by atoms with Crippen LogP contribution in [0.5, 0.6) is 0 Å². The minimum atomic E-state index is -4.38. The molecule has 0 bridgehead atoms. The van der Waals surface area contributed by atoms with Crippen LogP contribution in [0.2, 0.25) is 0 Å². The first-order valence-electron chi connectivity index (χ1n) is 12.2. The highest BCUT2D eigenvalue weighted by molar-refractivity contribution is 8.00. The van der Waals surface area contributed by atoms with Crippen LogP contribution in [-0.4, -0.2) is 108 Å². The van der Waals surface area contributed by atoms with Crippen LogP contribution in [-0.2, 0) is 19.2 Å². The molecule has 3 amide bonds. The number of oxime groups is 1. The van der Waals surface area contributed by atoms with E-state index >= 15 is 0 Å². The number of hydrogen-bond acceptors (Lipinski definition) is 12. The zero-order valence-electron chi connectivity index (χ0n) is 20.9. The van der Waals surface area contributed by atoms with Gasteiger partial charge in [-0.1, -0.05) is 5.16 Å². The van der Waals surface area contributed by atoms with Crippen molar-refractivity contribution >= 4 is 57.8 Å². The number of nitrogen functional groups attached to an aromatic ring is 1. The van der Waals surface area contributed by atoms with Crippen molar-refractivity contribution in [1.29, 1.82) is 0 Å². The van der Waals surface area contributed by atoms with Gasteiger partial charge in [0.15, 0.2) is 5.13 Å². The van der Waals surface area contributed by atoms with E-state index in [0.717, 1.165) is 28.2 Å². The van der Waals surface area contributed by atoms with E-state index in [9.17, 15) is 42.7 Å². The molecule has 1 aromatic heterocycles. The van der Waals surface area contributed by atoms with E-state index in [1.165, 1.54) is 11.0 Å². The Hall–Kier alpha value is -3.71. The number of alkyl halides is 3. The average molecular weight is 617 g/mol. The van der Waals surface area contributed by atoms with Gasteiger partial charge >= 0.3 is 12.1 Å². The van der Waals surface area contributed by atoms with Crippen molar-refractivity contribution in [2.45, 2.75) is 24.0 Å². The van der Waals surface area contributed by atoms with Crippen LogP contribution in [0.4, 0.5) is 18.3 Å². The number of carbonyl (C=O) groups is 4. The Bertz CT molecular complexity index is 1400. The smallest absolute Gasteiger partial charge is 0.393 e. The minimum absolute atomic E-state index is 0.0190. The molecule has 4 aliphatic rings. The number of halogens is 3. The van der Waals surface area contributed by atoms with Crippen LogP contribution in [0.15, 0.2) is 28.1 Å². The number of aromatic nitrogens is 2. The van der Waals surface area contributed by atoms with E-state index in [1.54, 1.807) is 0 Å². The third-order valence-corrected chi connectivity index (χ3v) is 9.08. The monoisotopic (exact) mass is 616 g/mol. The molecule has 1 aromatic rings. The quantitative estimate of drug-likeness (QED) is 0.0876. The number of carboxylic acid groups (broad SMARTS) is 1. The lowest BCUT2D eigenvalue weighted by Crippen LogP contribution is -2.71. The fraction of sp³-hybridized carbons (Fsp3) is 0.500. The first-order valence-corrected chi connectivity index (χ1v) is 14.0. The summed E-state index contributed by atoms with van der Waals surface area (Å²) in [4.78, 5) is 56.9. The molecule has 0 saturated carbocycles. The molecule has 14 nitrogen and oxygen atoms in total. The minimum Gasteiger partial charge on any atom is -0.477 e. The number of rotatable bonds is 7. The Balaban J connectivity index is 1.29. The summed E-state index contributed by atoms with van der Waals surface area (Å²) in [6.07, 6.45) is -2.78. The molecule has 19 heteroatoms. The van der Waals surface area contributed by atoms with E-state index in [2.05, 4.69) is 25.1 Å². The third kappa shape index (κ3) is 5.35. The lowest BCUT2D eigenvalue weighted by atomic mass is 9.95. The number of amides is 3. The first-order chi connectivity index (χ1) is 19.4. The number of anilines is 1. The molecular formula is C22H23F3N8O6S2. The summed E-state index contributed by atoms with van der Waals surface area (Å²) in [5.41, 5.74) is 4.98. The number of nitrogens with one attached hydrogen (secondary N) is 2. The number of hydrogen-bond donors (Lipinski definition) is 5. The van der Waals surface area contributed by atoms with E-state index < -0.39 is 58.8 Å². The van der Waals surface area contributed by atoms with Gasteiger partial charge in [0.05, 0.1) is 5.92 Å². The summed E-state index contributed by atoms with van der Waals surface area (Å²) in [7, 11) is 0. The van der Waals surface area contributed by atoms with Gasteiger partial charge in [-0.25, -0.2) is 4.79 Å². The standard InChI is InChI=1S/C22H23F3N8O6S2/c23-22(24,25)11-5-27-4-10(11)6-32-2-1-8(17(32)35)3-9-7-40-19-13(18(36)33(19)14(9)20(37)38)28-16(34)12(30-39)15-29-21(26)41-31-15/h3,10-11,13,19,27,39H,1-2,4-7H2,(H,28,34)(H,37,38)(H2,26,29,31)/t10-,11+,13-,19-/m1/s1. The largest absolute Gasteiger partial charge is 0.477 e. The Kier molecular flexibility index (Phi) is 7.68. The number of likely N-dealkylation sites (tertiary alicyclic amines) is 1. The molecule has 4 atom stereocenters. The number of β-lactam (4-membered cyclic amide) rings is 1. The Morgan fingerprint density at radius 1 is 1.29 bits per heavy atom. The lowest BCUT2D eigenvalue weighted by molar-refractivity contribution is -0.180. The van der Waals surface area contributed by atoms with Gasteiger partial charge in [0.1, 0.15) is 17.1 Å². The summed E-state index contributed by atoms with van der Waals surface area (Å²) in [5, 5.41) is 26.4. The van der Waals surface area contributed by atoms with Crippen molar-refractivity contribution in [2.24, 2.45) is 17.0 Å². The molecule has 0 aliphatic carbocycles. The Morgan fingerprint density at radius 3 is 2.68 bits per heavy atom. The molecule has 41 heavy (non-hydrogen) atoms. The molecule has 0 unspecified atom stereocenters. The zero-order chi connectivity index (χ0) is 29.6. The number of allylic oxidation sites excluding steroid dienone is 1. The summed E-state index contributed by atoms with van der Waals surface area (Å²) < 4.78 is 43.8. The van der Waals surface area contributed by atoms with Gasteiger partial charge in [0.25, 0.3) is 11.8 Å². The predicted octanol–water partition coefficient (Wildman–Crippen LogP) is -0.406. The van der Waals surface area contributed by atoms with Gasteiger partial charge in [0, 0.05) is 55.0 Å². The van der Waals surface area contributed by atoms with Crippen molar-refractivity contribution in [1.82, 2.24) is 29.8 Å². The SMILES string of the molecule is Nc1nc(C(=NO)C(=O)N[C@@H]2C(=O)N3C(C(=O)O)=C(C=C4CCN(C[C@H]5CNC[C@@H]5C(F)(F)F)C4=O)CS[C@H]23)ns1. The van der Waals surface area contributed by atoms with Crippen LogP contribution < -0.4 is 16.4 Å². The highest BCUT2D eigenvalue weighted by Crippen LogP contribution is 2.41. The van der Waals surface area contributed by atoms with Crippen molar-refractivity contribution in [2.75, 3.05) is 37.7 Å². The molecular weight excluding hydrogens is 593 g/mol. The van der Waals surface area contributed by atoms with Crippen LogP contribution in [0.25, 0.3) is 0 Å². The maximum absolute atomic E-state index is 13.3. The maximum atomic E-state index is 13.3. The van der Waals surface area contributed by atoms with Crippen molar-refractivity contribution in [3.8, 4) is 0 Å². The van der Waals surface area contributed by atoms with E-state index in [-0.39, 0.29) is 66.2 Å². The van der Waals surface area contributed by atoms with E-state index in [0.29, 0.717) is 0 Å².